The molecule has 1 aromatic carbocycles. The number of allylic oxidation sites excluding steroid dienone is 1. The van der Waals surface area contributed by atoms with E-state index in [9.17, 15) is 14.7 Å². The molecule has 6 rings (SSSR count). The number of fused-ring (bicyclic) bond motifs is 4. The van der Waals surface area contributed by atoms with Gasteiger partial charge in [0.05, 0.1) is 24.0 Å². The highest BCUT2D eigenvalue weighted by atomic mass is 16.5. The van der Waals surface area contributed by atoms with Crippen molar-refractivity contribution < 1.29 is 14.6 Å². The van der Waals surface area contributed by atoms with Gasteiger partial charge in [-0.3, -0.25) is 14.6 Å². The molecule has 0 bridgehead atoms. The van der Waals surface area contributed by atoms with Crippen LogP contribution in [0.5, 0.6) is 5.75 Å². The van der Waals surface area contributed by atoms with E-state index in [4.69, 9.17) is 14.7 Å². The van der Waals surface area contributed by atoms with Gasteiger partial charge >= 0.3 is 0 Å². The maximum atomic E-state index is 13.3. The molecule has 2 N–H and O–H groups in total. The van der Waals surface area contributed by atoms with Gasteiger partial charge in [0.15, 0.2) is 5.65 Å². The number of nitrogens with one attached hydrogen (secondary N) is 1. The molecule has 0 saturated carbocycles. The van der Waals surface area contributed by atoms with E-state index >= 15 is 0 Å². The van der Waals surface area contributed by atoms with Crippen LogP contribution in [0.25, 0.3) is 11.0 Å². The van der Waals surface area contributed by atoms with Crippen LogP contribution in [0.3, 0.4) is 0 Å². The summed E-state index contributed by atoms with van der Waals surface area (Å²) in [5.74, 6) is 1.16. The number of benzene rings is 1. The third-order valence-corrected chi connectivity index (χ3v) is 7.72. The van der Waals surface area contributed by atoms with Gasteiger partial charge in [-0.15, -0.1) is 6.58 Å². The van der Waals surface area contributed by atoms with Crippen molar-refractivity contribution in [3.63, 3.8) is 0 Å². The number of aliphatic hydroxyl groups is 1. The molecule has 2 aromatic heterocycles. The number of aromatic nitrogens is 4. The zero-order valence-corrected chi connectivity index (χ0v) is 23.4. The van der Waals surface area contributed by atoms with E-state index in [0.717, 1.165) is 23.7 Å². The molecule has 12 nitrogen and oxygen atoms in total. The number of hydrogen-bond donors (Lipinski definition) is 2. The van der Waals surface area contributed by atoms with Crippen LogP contribution in [0, 0.1) is 0 Å². The van der Waals surface area contributed by atoms with Gasteiger partial charge in [-0.05, 0) is 32.1 Å². The topological polar surface area (TPSA) is 130 Å². The number of nitrogens with zero attached hydrogens (tertiary/aromatic N) is 7. The maximum Gasteiger partial charge on any atom is 0.278 e. The van der Waals surface area contributed by atoms with Crippen molar-refractivity contribution in [3.05, 3.63) is 59.6 Å². The summed E-state index contributed by atoms with van der Waals surface area (Å²) in [4.78, 5) is 43.2. The lowest BCUT2D eigenvalue weighted by atomic mass is 10.00. The molecule has 2 atom stereocenters. The zero-order chi connectivity index (χ0) is 28.9. The summed E-state index contributed by atoms with van der Waals surface area (Å²) >= 11 is 0. The first-order valence-corrected chi connectivity index (χ1v) is 13.8. The number of ether oxygens (including phenoxy) is 1. The SMILES string of the molecule is C=CCn1c(=O)c2cnc(Nc3ccc4c(c3)OCC3CN(C(C)=O)CCN43)nc2n1C1CC=CC(C(C)(C)O)=N1. The lowest BCUT2D eigenvalue weighted by Gasteiger charge is -2.45. The monoisotopic (exact) mass is 558 g/mol. The van der Waals surface area contributed by atoms with Crippen LogP contribution in [0.2, 0.25) is 0 Å². The van der Waals surface area contributed by atoms with Gasteiger partial charge in [-0.1, -0.05) is 12.2 Å². The molecule has 41 heavy (non-hydrogen) atoms. The minimum atomic E-state index is -1.13. The molecule has 5 heterocycles. The maximum absolute atomic E-state index is 13.3. The number of anilines is 3. The van der Waals surface area contributed by atoms with Gasteiger partial charge in [0.25, 0.3) is 5.56 Å². The van der Waals surface area contributed by atoms with Crippen LogP contribution in [0.1, 0.15) is 33.4 Å². The number of amides is 1. The van der Waals surface area contributed by atoms with Crippen LogP contribution in [0.15, 0.2) is 59.0 Å². The first kappa shape index (κ1) is 26.8. The van der Waals surface area contributed by atoms with Crippen molar-refractivity contribution in [3.8, 4) is 5.75 Å². The minimum Gasteiger partial charge on any atom is -0.489 e. The number of rotatable bonds is 6. The van der Waals surface area contributed by atoms with E-state index < -0.39 is 11.8 Å². The fourth-order valence-electron chi connectivity index (χ4n) is 5.64. The molecule has 2 unspecified atom stereocenters. The highest BCUT2D eigenvalue weighted by Crippen LogP contribution is 2.38. The Morgan fingerprint density at radius 2 is 2.15 bits per heavy atom. The van der Waals surface area contributed by atoms with E-state index in [1.165, 1.54) is 6.20 Å². The fraction of sp³-hybridized carbons (Fsp3) is 0.414. The number of carbonyl (C=O) groups is 1. The average Bonchev–Trinajstić information content (AvgIpc) is 3.22. The molecule has 0 spiro atoms. The lowest BCUT2D eigenvalue weighted by Crippen LogP contribution is -2.58. The standard InChI is InChI=1S/C29H34N8O4/c1-5-11-36-27(39)21-15-30-28(33-26(21)37(36)25-8-6-7-24(32-25)29(3,4)40)31-19-9-10-22-23(14-19)41-17-20-16-34(18(2)38)12-13-35(20)22/h5-7,9-10,14-15,20,25,40H,1,8,11-13,16-17H2,2-4H3,(H,30,31,33). The highest BCUT2D eigenvalue weighted by Gasteiger charge is 2.34. The van der Waals surface area contributed by atoms with Crippen molar-refractivity contribution >= 4 is 40.0 Å². The second kappa shape index (κ2) is 10.2. The summed E-state index contributed by atoms with van der Waals surface area (Å²) < 4.78 is 9.41. The van der Waals surface area contributed by atoms with Crippen molar-refractivity contribution in [2.45, 2.75) is 51.5 Å². The summed E-state index contributed by atoms with van der Waals surface area (Å²) in [5.41, 5.74) is 1.34. The van der Waals surface area contributed by atoms with Crippen molar-refractivity contribution in [1.29, 1.82) is 0 Å². The summed E-state index contributed by atoms with van der Waals surface area (Å²) in [6, 6.07) is 5.98. The third kappa shape index (κ3) is 4.88. The number of aliphatic imine (C=N–C) groups is 1. The average molecular weight is 559 g/mol. The molecule has 3 aliphatic heterocycles. The van der Waals surface area contributed by atoms with Crippen molar-refractivity contribution in [2.24, 2.45) is 4.99 Å². The Bertz CT molecular complexity index is 1650. The van der Waals surface area contributed by atoms with Crippen LogP contribution in [0.4, 0.5) is 17.3 Å². The Morgan fingerprint density at radius 1 is 1.32 bits per heavy atom. The van der Waals surface area contributed by atoms with Crippen LogP contribution in [-0.2, 0) is 11.3 Å². The summed E-state index contributed by atoms with van der Waals surface area (Å²) in [6.45, 7) is 11.6. The van der Waals surface area contributed by atoms with Gasteiger partial charge in [-0.25, -0.2) is 14.3 Å². The normalized spacial score (nSPS) is 20.2. The van der Waals surface area contributed by atoms with E-state index in [0.29, 0.717) is 48.8 Å². The molecule has 214 valence electrons. The van der Waals surface area contributed by atoms with Crippen LogP contribution in [-0.4, -0.2) is 78.8 Å². The summed E-state index contributed by atoms with van der Waals surface area (Å²) in [6.07, 6.45) is 7.00. The molecule has 0 aliphatic carbocycles. The van der Waals surface area contributed by atoms with Gasteiger partial charge in [-0.2, -0.15) is 4.98 Å². The molecule has 3 aromatic rings. The van der Waals surface area contributed by atoms with E-state index in [-0.39, 0.29) is 24.1 Å². The quantitative estimate of drug-likeness (QED) is 0.442. The Morgan fingerprint density at radius 3 is 2.90 bits per heavy atom. The highest BCUT2D eigenvalue weighted by molar-refractivity contribution is 6.01. The Kier molecular flexibility index (Phi) is 6.65. The molecule has 0 radical (unpaired) electrons. The van der Waals surface area contributed by atoms with Gasteiger partial charge < -0.3 is 25.0 Å². The predicted octanol–water partition coefficient (Wildman–Crippen LogP) is 2.62. The molecule has 12 heteroatoms. The predicted molar refractivity (Wildman–Crippen MR) is 157 cm³/mol. The van der Waals surface area contributed by atoms with Crippen LogP contribution >= 0.6 is 0 Å². The zero-order valence-electron chi connectivity index (χ0n) is 23.4. The molecular weight excluding hydrogens is 524 g/mol. The number of dihydropyridines is 1. The van der Waals surface area contributed by atoms with Crippen molar-refractivity contribution in [2.75, 3.05) is 36.5 Å². The fourth-order valence-corrected chi connectivity index (χ4v) is 5.64. The number of piperazine rings is 1. The first-order valence-electron chi connectivity index (χ1n) is 13.8. The lowest BCUT2D eigenvalue weighted by molar-refractivity contribution is -0.129. The number of carbonyl (C=O) groups excluding carboxylic acids is 1. The third-order valence-electron chi connectivity index (χ3n) is 7.72. The van der Waals surface area contributed by atoms with Gasteiger partial charge in [0.2, 0.25) is 11.9 Å². The Labute approximate surface area is 237 Å². The van der Waals surface area contributed by atoms with Gasteiger partial charge in [0.1, 0.15) is 29.5 Å². The van der Waals surface area contributed by atoms with Gasteiger partial charge in [0, 0.05) is 50.9 Å². The first-order chi connectivity index (χ1) is 19.6. The molecule has 1 saturated heterocycles. The summed E-state index contributed by atoms with van der Waals surface area (Å²) in [7, 11) is 0. The van der Waals surface area contributed by atoms with Crippen molar-refractivity contribution in [1.82, 2.24) is 24.2 Å². The van der Waals surface area contributed by atoms with E-state index in [1.807, 2.05) is 35.3 Å². The minimum absolute atomic E-state index is 0.0849. The van der Waals surface area contributed by atoms with E-state index in [1.54, 1.807) is 36.2 Å². The Hall–Kier alpha value is -4.45. The van der Waals surface area contributed by atoms with Crippen LogP contribution < -0.4 is 20.5 Å². The molecule has 3 aliphatic rings. The summed E-state index contributed by atoms with van der Waals surface area (Å²) in [5, 5.41) is 14.2. The smallest absolute Gasteiger partial charge is 0.278 e. The Balaban J connectivity index is 1.32. The number of hydrogen-bond acceptors (Lipinski definition) is 9. The largest absolute Gasteiger partial charge is 0.489 e. The molecular formula is C29H34N8O4. The molecule has 1 fully saturated rings. The second-order valence-corrected chi connectivity index (χ2v) is 11.1. The van der Waals surface area contributed by atoms with E-state index in [2.05, 4.69) is 21.8 Å². The molecule has 1 amide bonds. The second-order valence-electron chi connectivity index (χ2n) is 11.1.